The van der Waals surface area contributed by atoms with Gasteiger partial charge in [0.25, 0.3) is 5.89 Å². The lowest BCUT2D eigenvalue weighted by Gasteiger charge is -2.17. The highest BCUT2D eigenvalue weighted by molar-refractivity contribution is 5.63. The fourth-order valence-electron chi connectivity index (χ4n) is 3.59. The fourth-order valence-corrected chi connectivity index (χ4v) is 3.59. The summed E-state index contributed by atoms with van der Waals surface area (Å²) in [6, 6.07) is 7.74. The van der Waals surface area contributed by atoms with E-state index in [4.69, 9.17) is 14.0 Å². The molecule has 0 aliphatic heterocycles. The zero-order valence-corrected chi connectivity index (χ0v) is 19.6. The van der Waals surface area contributed by atoms with Gasteiger partial charge in [-0.3, -0.25) is 4.98 Å². The molecule has 2 aromatic heterocycles. The van der Waals surface area contributed by atoms with E-state index in [1.54, 1.807) is 6.20 Å². The number of unbranched alkanes of at least 4 members (excludes halogenated alkanes) is 1. The number of benzene rings is 1. The predicted octanol–water partition coefficient (Wildman–Crippen LogP) is 5.26. The molecule has 32 heavy (non-hydrogen) atoms. The SMILES string of the molecule is CCOc1ccc(-c2nc(-c3cncc(CCCCN(CC)CC)c3)no2)cc1OCC. The molecule has 0 saturated heterocycles. The third-order valence-electron chi connectivity index (χ3n) is 5.35. The van der Waals surface area contributed by atoms with Gasteiger partial charge in [-0.1, -0.05) is 19.0 Å². The summed E-state index contributed by atoms with van der Waals surface area (Å²) in [6.45, 7) is 12.8. The predicted molar refractivity (Wildman–Crippen MR) is 126 cm³/mol. The Bertz CT molecular complexity index is 969. The van der Waals surface area contributed by atoms with Crippen molar-refractivity contribution in [2.75, 3.05) is 32.8 Å². The van der Waals surface area contributed by atoms with Crippen molar-refractivity contribution in [3.8, 4) is 34.3 Å². The second-order valence-corrected chi connectivity index (χ2v) is 7.52. The molecule has 0 saturated carbocycles. The lowest BCUT2D eigenvalue weighted by Crippen LogP contribution is -2.23. The molecule has 0 unspecified atom stereocenters. The van der Waals surface area contributed by atoms with E-state index >= 15 is 0 Å². The van der Waals surface area contributed by atoms with Crippen LogP contribution >= 0.6 is 0 Å². The Balaban J connectivity index is 1.69. The molecule has 7 heteroatoms. The molecule has 0 spiro atoms. The lowest BCUT2D eigenvalue weighted by molar-refractivity contribution is 0.288. The maximum atomic E-state index is 5.71. The molecule has 0 radical (unpaired) electrons. The van der Waals surface area contributed by atoms with Gasteiger partial charge in [-0.25, -0.2) is 0 Å². The first kappa shape index (κ1) is 23.7. The Kier molecular flexibility index (Phi) is 9.04. The number of aromatic nitrogens is 3. The monoisotopic (exact) mass is 438 g/mol. The van der Waals surface area contributed by atoms with Crippen LogP contribution in [0.5, 0.6) is 11.5 Å². The van der Waals surface area contributed by atoms with Crippen molar-refractivity contribution >= 4 is 0 Å². The number of nitrogens with zero attached hydrogens (tertiary/aromatic N) is 4. The Morgan fingerprint density at radius 2 is 1.66 bits per heavy atom. The summed E-state index contributed by atoms with van der Waals surface area (Å²) >= 11 is 0. The molecule has 0 bridgehead atoms. The quantitative estimate of drug-likeness (QED) is 0.337. The van der Waals surface area contributed by atoms with Crippen LogP contribution < -0.4 is 9.47 Å². The van der Waals surface area contributed by atoms with Crippen LogP contribution in [0.3, 0.4) is 0 Å². The minimum absolute atomic E-state index is 0.439. The smallest absolute Gasteiger partial charge is 0.258 e. The van der Waals surface area contributed by atoms with Gasteiger partial charge in [0.2, 0.25) is 5.82 Å². The van der Waals surface area contributed by atoms with Gasteiger partial charge in [-0.15, -0.1) is 0 Å². The van der Waals surface area contributed by atoms with E-state index < -0.39 is 0 Å². The topological polar surface area (TPSA) is 73.5 Å². The van der Waals surface area contributed by atoms with Gasteiger partial charge >= 0.3 is 0 Å². The molecule has 0 aliphatic carbocycles. The van der Waals surface area contributed by atoms with Crippen LogP contribution in [0.4, 0.5) is 0 Å². The van der Waals surface area contributed by atoms with Crippen molar-refractivity contribution in [1.82, 2.24) is 20.0 Å². The molecular formula is C25H34N4O3. The molecule has 1 aromatic carbocycles. The minimum atomic E-state index is 0.439. The average Bonchev–Trinajstić information content (AvgIpc) is 3.31. The van der Waals surface area contributed by atoms with Crippen molar-refractivity contribution in [1.29, 1.82) is 0 Å². The first-order valence-corrected chi connectivity index (χ1v) is 11.6. The second-order valence-electron chi connectivity index (χ2n) is 7.52. The van der Waals surface area contributed by atoms with Crippen molar-refractivity contribution in [2.24, 2.45) is 0 Å². The van der Waals surface area contributed by atoms with Gasteiger partial charge in [0.05, 0.1) is 13.2 Å². The number of ether oxygens (including phenoxy) is 2. The molecule has 172 valence electrons. The molecular weight excluding hydrogens is 404 g/mol. The van der Waals surface area contributed by atoms with Gasteiger partial charge in [-0.05, 0) is 82.6 Å². The minimum Gasteiger partial charge on any atom is -0.490 e. The van der Waals surface area contributed by atoms with Gasteiger partial charge in [-0.2, -0.15) is 4.98 Å². The second kappa shape index (κ2) is 12.2. The van der Waals surface area contributed by atoms with E-state index in [9.17, 15) is 0 Å². The average molecular weight is 439 g/mol. The lowest BCUT2D eigenvalue weighted by atomic mass is 10.1. The number of pyridine rings is 1. The summed E-state index contributed by atoms with van der Waals surface area (Å²) in [4.78, 5) is 11.4. The summed E-state index contributed by atoms with van der Waals surface area (Å²) in [7, 11) is 0. The Morgan fingerprint density at radius 1 is 0.875 bits per heavy atom. The van der Waals surface area contributed by atoms with E-state index in [0.717, 1.165) is 43.6 Å². The van der Waals surface area contributed by atoms with Gasteiger partial charge in [0.15, 0.2) is 11.5 Å². The van der Waals surface area contributed by atoms with Crippen LogP contribution in [0, 0.1) is 0 Å². The normalized spacial score (nSPS) is 11.2. The zero-order chi connectivity index (χ0) is 22.8. The highest BCUT2D eigenvalue weighted by atomic mass is 16.5. The van der Waals surface area contributed by atoms with Gasteiger partial charge < -0.3 is 18.9 Å². The van der Waals surface area contributed by atoms with E-state index in [0.29, 0.717) is 36.4 Å². The third kappa shape index (κ3) is 6.29. The zero-order valence-electron chi connectivity index (χ0n) is 19.6. The van der Waals surface area contributed by atoms with Crippen molar-refractivity contribution < 1.29 is 14.0 Å². The van der Waals surface area contributed by atoms with Crippen molar-refractivity contribution in [3.63, 3.8) is 0 Å². The standard InChI is InChI=1S/C25H34N4O3/c1-5-29(6-2)14-10-9-11-19-15-21(18-26-17-19)24-27-25(32-28-24)20-12-13-22(30-7-3)23(16-20)31-8-4/h12-13,15-18H,5-11,14H2,1-4H3. The van der Waals surface area contributed by atoms with Crippen LogP contribution in [0.1, 0.15) is 46.1 Å². The van der Waals surface area contributed by atoms with Crippen molar-refractivity contribution in [2.45, 2.75) is 47.0 Å². The number of rotatable bonds is 13. The summed E-state index contributed by atoms with van der Waals surface area (Å²) < 4.78 is 16.9. The Morgan fingerprint density at radius 3 is 2.41 bits per heavy atom. The van der Waals surface area contributed by atoms with Crippen molar-refractivity contribution in [3.05, 3.63) is 42.2 Å². The van der Waals surface area contributed by atoms with E-state index in [1.807, 2.05) is 38.2 Å². The molecule has 0 fully saturated rings. The fraction of sp³-hybridized carbons (Fsp3) is 0.480. The molecule has 0 atom stereocenters. The summed E-state index contributed by atoms with van der Waals surface area (Å²) in [5.41, 5.74) is 2.83. The first-order chi connectivity index (χ1) is 15.7. The largest absolute Gasteiger partial charge is 0.490 e. The van der Waals surface area contributed by atoms with Gasteiger partial charge in [0, 0.05) is 23.5 Å². The Labute approximate surface area is 190 Å². The van der Waals surface area contributed by atoms with E-state index in [1.165, 1.54) is 12.0 Å². The molecule has 3 aromatic rings. The maximum Gasteiger partial charge on any atom is 0.258 e. The van der Waals surface area contributed by atoms with Crippen LogP contribution in [0.25, 0.3) is 22.8 Å². The third-order valence-corrected chi connectivity index (χ3v) is 5.35. The molecule has 2 heterocycles. The summed E-state index contributed by atoms with van der Waals surface area (Å²) in [6.07, 6.45) is 6.99. The maximum absolute atomic E-state index is 5.71. The van der Waals surface area contributed by atoms with Crippen LogP contribution in [-0.2, 0) is 6.42 Å². The highest BCUT2D eigenvalue weighted by Gasteiger charge is 2.14. The number of aryl methyl sites for hydroxylation is 1. The highest BCUT2D eigenvalue weighted by Crippen LogP contribution is 2.33. The van der Waals surface area contributed by atoms with Crippen LogP contribution in [0.15, 0.2) is 41.2 Å². The molecule has 0 amide bonds. The first-order valence-electron chi connectivity index (χ1n) is 11.6. The van der Waals surface area contributed by atoms with Gasteiger partial charge in [0.1, 0.15) is 0 Å². The molecule has 0 aliphatic rings. The number of hydrogen-bond donors (Lipinski definition) is 0. The van der Waals surface area contributed by atoms with Crippen LogP contribution in [0.2, 0.25) is 0 Å². The summed E-state index contributed by atoms with van der Waals surface area (Å²) in [5.74, 6) is 2.34. The van der Waals surface area contributed by atoms with Crippen LogP contribution in [-0.4, -0.2) is 52.9 Å². The van der Waals surface area contributed by atoms with E-state index in [-0.39, 0.29) is 0 Å². The Hall–Kier alpha value is -2.93. The molecule has 7 nitrogen and oxygen atoms in total. The number of hydrogen-bond acceptors (Lipinski definition) is 7. The molecule has 0 N–H and O–H groups in total. The van der Waals surface area contributed by atoms with E-state index in [2.05, 4.69) is 39.9 Å². The molecule has 3 rings (SSSR count). The summed E-state index contributed by atoms with van der Waals surface area (Å²) in [5, 5.41) is 4.18.